The van der Waals surface area contributed by atoms with Crippen molar-refractivity contribution in [2.75, 3.05) is 49.7 Å². The van der Waals surface area contributed by atoms with Crippen LogP contribution in [0.5, 0.6) is 5.75 Å². The molecule has 0 N–H and O–H groups in total. The average molecular weight is 393 g/mol. The Hall–Kier alpha value is -3.15. The standard InChI is InChI=1S/C23H27N3O3/c1-4-29-23(27)21-19-16-18(28-3)10-11-20(19)24(2)22(21)26-14-12-25(13-15-26)17-8-6-5-7-9-17/h5-11,16H,4,12-15H2,1-3H3. The highest BCUT2D eigenvalue weighted by molar-refractivity contribution is 6.10. The molecule has 0 bridgehead atoms. The lowest BCUT2D eigenvalue weighted by molar-refractivity contribution is 0.0529. The highest BCUT2D eigenvalue weighted by atomic mass is 16.5. The van der Waals surface area contributed by atoms with E-state index in [2.05, 4.69) is 38.6 Å². The van der Waals surface area contributed by atoms with Gasteiger partial charge in [0, 0.05) is 44.3 Å². The Labute approximate surface area is 171 Å². The van der Waals surface area contributed by atoms with E-state index < -0.39 is 0 Å². The number of nitrogens with zero attached hydrogens (tertiary/aromatic N) is 3. The molecule has 1 aliphatic heterocycles. The maximum Gasteiger partial charge on any atom is 0.342 e. The Kier molecular flexibility index (Phi) is 5.34. The Balaban J connectivity index is 1.70. The number of ether oxygens (including phenoxy) is 2. The highest BCUT2D eigenvalue weighted by Crippen LogP contribution is 2.35. The van der Waals surface area contributed by atoms with E-state index in [-0.39, 0.29) is 5.97 Å². The number of carbonyl (C=O) groups is 1. The molecule has 6 nitrogen and oxygen atoms in total. The van der Waals surface area contributed by atoms with Crippen LogP contribution in [-0.4, -0.2) is 50.4 Å². The fourth-order valence-corrected chi connectivity index (χ4v) is 4.13. The van der Waals surface area contributed by atoms with Crippen molar-refractivity contribution in [2.24, 2.45) is 7.05 Å². The maximum atomic E-state index is 12.9. The first-order valence-corrected chi connectivity index (χ1v) is 10.0. The Morgan fingerprint density at radius 3 is 2.34 bits per heavy atom. The molecule has 0 saturated carbocycles. The van der Waals surface area contributed by atoms with Crippen molar-refractivity contribution < 1.29 is 14.3 Å². The number of piperazine rings is 1. The number of para-hydroxylation sites is 1. The lowest BCUT2D eigenvalue weighted by atomic mass is 10.1. The van der Waals surface area contributed by atoms with Crippen molar-refractivity contribution in [1.82, 2.24) is 4.57 Å². The molecule has 1 aromatic heterocycles. The van der Waals surface area contributed by atoms with Crippen LogP contribution in [0.2, 0.25) is 0 Å². The molecule has 1 saturated heterocycles. The molecule has 0 spiro atoms. The van der Waals surface area contributed by atoms with Gasteiger partial charge in [0.05, 0.1) is 19.2 Å². The number of anilines is 2. The Morgan fingerprint density at radius 1 is 1.00 bits per heavy atom. The molecule has 0 unspecified atom stereocenters. The molecule has 0 radical (unpaired) electrons. The van der Waals surface area contributed by atoms with E-state index >= 15 is 0 Å². The summed E-state index contributed by atoms with van der Waals surface area (Å²) < 4.78 is 12.9. The number of aryl methyl sites for hydroxylation is 1. The molecule has 2 heterocycles. The predicted molar refractivity (Wildman–Crippen MR) is 116 cm³/mol. The van der Waals surface area contributed by atoms with Gasteiger partial charge >= 0.3 is 5.97 Å². The fourth-order valence-electron chi connectivity index (χ4n) is 4.13. The van der Waals surface area contributed by atoms with Crippen LogP contribution in [0.25, 0.3) is 10.9 Å². The molecule has 3 aromatic rings. The summed E-state index contributed by atoms with van der Waals surface area (Å²) in [5.74, 6) is 1.36. The van der Waals surface area contributed by atoms with Crippen molar-refractivity contribution in [3.05, 3.63) is 54.1 Å². The zero-order valence-electron chi connectivity index (χ0n) is 17.2. The smallest absolute Gasteiger partial charge is 0.342 e. The zero-order valence-corrected chi connectivity index (χ0v) is 17.2. The number of fused-ring (bicyclic) bond motifs is 1. The van der Waals surface area contributed by atoms with Gasteiger partial charge in [-0.2, -0.15) is 0 Å². The van der Waals surface area contributed by atoms with E-state index in [0.29, 0.717) is 12.2 Å². The van der Waals surface area contributed by atoms with E-state index in [0.717, 1.165) is 48.6 Å². The van der Waals surface area contributed by atoms with E-state index in [1.165, 1.54) is 5.69 Å². The quantitative estimate of drug-likeness (QED) is 0.619. The monoisotopic (exact) mass is 393 g/mol. The second kappa shape index (κ2) is 8.07. The van der Waals surface area contributed by atoms with Crippen LogP contribution in [0.1, 0.15) is 17.3 Å². The van der Waals surface area contributed by atoms with E-state index in [1.807, 2.05) is 38.2 Å². The minimum atomic E-state index is -0.285. The van der Waals surface area contributed by atoms with Crippen LogP contribution in [0.15, 0.2) is 48.5 Å². The molecule has 0 atom stereocenters. The minimum Gasteiger partial charge on any atom is -0.497 e. The Bertz CT molecular complexity index is 1010. The number of aromatic nitrogens is 1. The van der Waals surface area contributed by atoms with Crippen LogP contribution >= 0.6 is 0 Å². The van der Waals surface area contributed by atoms with Gasteiger partial charge in [0.1, 0.15) is 17.1 Å². The third-order valence-corrected chi connectivity index (χ3v) is 5.56. The first kappa shape index (κ1) is 19.2. The minimum absolute atomic E-state index is 0.285. The van der Waals surface area contributed by atoms with E-state index in [1.54, 1.807) is 7.11 Å². The summed E-state index contributed by atoms with van der Waals surface area (Å²) >= 11 is 0. The molecular weight excluding hydrogens is 366 g/mol. The number of benzene rings is 2. The molecule has 2 aromatic carbocycles. The summed E-state index contributed by atoms with van der Waals surface area (Å²) in [5.41, 5.74) is 2.85. The number of methoxy groups -OCH3 is 1. The van der Waals surface area contributed by atoms with Crippen LogP contribution < -0.4 is 14.5 Å². The van der Waals surface area contributed by atoms with Gasteiger partial charge in [-0.05, 0) is 37.3 Å². The van der Waals surface area contributed by atoms with Gasteiger partial charge in [0.15, 0.2) is 0 Å². The fraction of sp³-hybridized carbons (Fsp3) is 0.348. The van der Waals surface area contributed by atoms with Crippen molar-refractivity contribution in [3.8, 4) is 5.75 Å². The van der Waals surface area contributed by atoms with Gasteiger partial charge < -0.3 is 23.8 Å². The van der Waals surface area contributed by atoms with E-state index in [9.17, 15) is 4.79 Å². The van der Waals surface area contributed by atoms with Crippen molar-refractivity contribution in [1.29, 1.82) is 0 Å². The third kappa shape index (κ3) is 3.50. The van der Waals surface area contributed by atoms with Crippen LogP contribution in [0.4, 0.5) is 11.5 Å². The number of hydrogen-bond acceptors (Lipinski definition) is 5. The summed E-state index contributed by atoms with van der Waals surface area (Å²) in [6.07, 6.45) is 0. The largest absolute Gasteiger partial charge is 0.497 e. The summed E-state index contributed by atoms with van der Waals surface area (Å²) in [6, 6.07) is 16.3. The van der Waals surface area contributed by atoms with E-state index in [4.69, 9.17) is 9.47 Å². The number of carbonyl (C=O) groups excluding carboxylic acids is 1. The lowest BCUT2D eigenvalue weighted by Crippen LogP contribution is -2.47. The number of rotatable bonds is 5. The average Bonchev–Trinajstić information content (AvgIpc) is 3.06. The van der Waals surface area contributed by atoms with Gasteiger partial charge in [-0.3, -0.25) is 0 Å². The van der Waals surface area contributed by atoms with Crippen LogP contribution in [-0.2, 0) is 11.8 Å². The Morgan fingerprint density at radius 2 is 1.69 bits per heavy atom. The molecule has 6 heteroatoms. The van der Waals surface area contributed by atoms with Gasteiger partial charge in [0.2, 0.25) is 0 Å². The summed E-state index contributed by atoms with van der Waals surface area (Å²) in [4.78, 5) is 17.6. The van der Waals surface area contributed by atoms with Crippen molar-refractivity contribution in [2.45, 2.75) is 6.92 Å². The predicted octanol–water partition coefficient (Wildman–Crippen LogP) is 3.69. The van der Waals surface area contributed by atoms with Crippen molar-refractivity contribution in [3.63, 3.8) is 0 Å². The molecule has 1 fully saturated rings. The lowest BCUT2D eigenvalue weighted by Gasteiger charge is -2.37. The summed E-state index contributed by atoms with van der Waals surface area (Å²) in [6.45, 7) is 5.65. The molecule has 0 amide bonds. The first-order chi connectivity index (χ1) is 14.1. The number of hydrogen-bond donors (Lipinski definition) is 0. The summed E-state index contributed by atoms with van der Waals surface area (Å²) in [5, 5.41) is 0.866. The molecule has 0 aliphatic carbocycles. The van der Waals surface area contributed by atoms with Gasteiger partial charge in [-0.15, -0.1) is 0 Å². The highest BCUT2D eigenvalue weighted by Gasteiger charge is 2.28. The van der Waals surface area contributed by atoms with Gasteiger partial charge in [0.25, 0.3) is 0 Å². The SMILES string of the molecule is CCOC(=O)c1c(N2CCN(c3ccccc3)CC2)n(C)c2ccc(OC)cc12. The topological polar surface area (TPSA) is 46.9 Å². The number of esters is 1. The first-order valence-electron chi connectivity index (χ1n) is 10.0. The molecule has 4 rings (SSSR count). The van der Waals surface area contributed by atoms with Crippen LogP contribution in [0, 0.1) is 0 Å². The summed E-state index contributed by atoms with van der Waals surface area (Å²) in [7, 11) is 3.65. The molecule has 1 aliphatic rings. The second-order valence-electron chi connectivity index (χ2n) is 7.17. The molecule has 29 heavy (non-hydrogen) atoms. The van der Waals surface area contributed by atoms with Gasteiger partial charge in [-0.25, -0.2) is 4.79 Å². The maximum absolute atomic E-state index is 12.9. The third-order valence-electron chi connectivity index (χ3n) is 5.56. The molecule has 152 valence electrons. The second-order valence-corrected chi connectivity index (χ2v) is 7.17. The normalized spacial score (nSPS) is 14.3. The van der Waals surface area contributed by atoms with Gasteiger partial charge in [-0.1, -0.05) is 18.2 Å². The molecular formula is C23H27N3O3. The van der Waals surface area contributed by atoms with Crippen molar-refractivity contribution >= 4 is 28.4 Å². The van der Waals surface area contributed by atoms with Crippen LogP contribution in [0.3, 0.4) is 0 Å². The zero-order chi connectivity index (χ0) is 20.4.